The van der Waals surface area contributed by atoms with Gasteiger partial charge in [-0.2, -0.15) is 0 Å². The molecule has 198 valence electrons. The molecule has 9 heteroatoms. The maximum atomic E-state index is 13.4. The lowest BCUT2D eigenvalue weighted by atomic mass is 10.1. The number of halogens is 1. The van der Waals surface area contributed by atoms with Gasteiger partial charge in [-0.15, -0.1) is 0 Å². The van der Waals surface area contributed by atoms with Crippen LogP contribution in [0.5, 0.6) is 0 Å². The number of nitrogens with zero attached hydrogens (tertiary/aromatic N) is 2. The lowest BCUT2D eigenvalue weighted by molar-refractivity contribution is -0.141. The molecular weight excluding hydrogens is 498 g/mol. The predicted octanol–water partition coefficient (Wildman–Crippen LogP) is 4.92. The number of aryl methyl sites for hydroxylation is 1. The lowest BCUT2D eigenvalue weighted by Crippen LogP contribution is -2.49. The number of nitrogens with one attached hydrogen (secondary N) is 1. The lowest BCUT2D eigenvalue weighted by Gasteiger charge is -2.31. The minimum atomic E-state index is -3.53. The van der Waals surface area contributed by atoms with E-state index in [0.29, 0.717) is 30.1 Å². The molecule has 0 aliphatic heterocycles. The Labute approximate surface area is 220 Å². The summed E-state index contributed by atoms with van der Waals surface area (Å²) in [5, 5.41) is 3.54. The molecule has 0 fully saturated rings. The largest absolute Gasteiger partial charge is 0.354 e. The standard InChI is InChI=1S/C27H38ClN3O4S/c1-5-7-18-29-27(33)24(6-2)30(20-22-14-16-23(28)17-15-22)26(32)13-10-19-31(36(4,34)35)25-12-9-8-11-21(25)3/h8-9,11-12,14-17,24H,5-7,10,13,18-20H2,1-4H3,(H,29,33)/t24-/m1/s1. The summed E-state index contributed by atoms with van der Waals surface area (Å²) < 4.78 is 26.3. The van der Waals surface area contributed by atoms with Crippen LogP contribution in [0.4, 0.5) is 5.69 Å². The van der Waals surface area contributed by atoms with Crippen molar-refractivity contribution in [2.45, 2.75) is 65.5 Å². The van der Waals surface area contributed by atoms with Crippen LogP contribution < -0.4 is 9.62 Å². The minimum Gasteiger partial charge on any atom is -0.354 e. The van der Waals surface area contributed by atoms with E-state index in [1.165, 1.54) is 10.6 Å². The summed E-state index contributed by atoms with van der Waals surface area (Å²) in [7, 11) is -3.53. The summed E-state index contributed by atoms with van der Waals surface area (Å²) in [6, 6.07) is 13.8. The van der Waals surface area contributed by atoms with Crippen LogP contribution >= 0.6 is 11.6 Å². The normalized spacial score (nSPS) is 12.1. The Hall–Kier alpha value is -2.58. The van der Waals surface area contributed by atoms with Crippen molar-refractivity contribution in [2.75, 3.05) is 23.7 Å². The summed E-state index contributed by atoms with van der Waals surface area (Å²) in [4.78, 5) is 28.0. The van der Waals surface area contributed by atoms with Crippen LogP contribution in [0.15, 0.2) is 48.5 Å². The van der Waals surface area contributed by atoms with Gasteiger partial charge in [0.05, 0.1) is 11.9 Å². The second-order valence-corrected chi connectivity index (χ2v) is 11.3. The van der Waals surface area contributed by atoms with Gasteiger partial charge in [0, 0.05) is 31.1 Å². The van der Waals surface area contributed by atoms with Crippen molar-refractivity contribution in [2.24, 2.45) is 0 Å². The molecule has 2 amide bonds. The molecule has 0 radical (unpaired) electrons. The van der Waals surface area contributed by atoms with Gasteiger partial charge in [-0.25, -0.2) is 8.42 Å². The van der Waals surface area contributed by atoms with Crippen molar-refractivity contribution in [3.8, 4) is 0 Å². The number of carbonyl (C=O) groups excluding carboxylic acids is 2. The van der Waals surface area contributed by atoms with Crippen LogP contribution in [0.3, 0.4) is 0 Å². The molecule has 0 saturated carbocycles. The highest BCUT2D eigenvalue weighted by Gasteiger charge is 2.28. The van der Waals surface area contributed by atoms with E-state index < -0.39 is 16.1 Å². The molecule has 0 unspecified atom stereocenters. The van der Waals surface area contributed by atoms with E-state index in [9.17, 15) is 18.0 Å². The van der Waals surface area contributed by atoms with Crippen LogP contribution in [-0.2, 0) is 26.2 Å². The summed E-state index contributed by atoms with van der Waals surface area (Å²) in [5.41, 5.74) is 2.31. The molecule has 0 aromatic heterocycles. The molecule has 0 saturated heterocycles. The van der Waals surface area contributed by atoms with Gasteiger partial charge in [0.15, 0.2) is 0 Å². The Morgan fingerprint density at radius 1 is 1.03 bits per heavy atom. The molecule has 36 heavy (non-hydrogen) atoms. The van der Waals surface area contributed by atoms with Crippen LogP contribution in [0, 0.1) is 6.92 Å². The Balaban J connectivity index is 2.20. The van der Waals surface area contributed by atoms with Gasteiger partial charge >= 0.3 is 0 Å². The Bertz CT molecular complexity index is 1110. The SMILES string of the molecule is CCCCNC(=O)[C@@H](CC)N(Cc1ccc(Cl)cc1)C(=O)CCCN(c1ccccc1C)S(C)(=O)=O. The van der Waals surface area contributed by atoms with Crippen LogP contribution in [-0.4, -0.2) is 50.5 Å². The molecule has 0 heterocycles. The van der Waals surface area contributed by atoms with Gasteiger partial charge in [0.2, 0.25) is 21.8 Å². The second-order valence-electron chi connectivity index (χ2n) is 8.94. The third-order valence-electron chi connectivity index (χ3n) is 6.02. The molecule has 2 rings (SSSR count). The topological polar surface area (TPSA) is 86.8 Å². The number of para-hydroxylation sites is 1. The number of sulfonamides is 1. The highest BCUT2D eigenvalue weighted by atomic mass is 35.5. The third-order valence-corrected chi connectivity index (χ3v) is 7.45. The highest BCUT2D eigenvalue weighted by molar-refractivity contribution is 7.92. The number of anilines is 1. The van der Waals surface area contributed by atoms with Crippen molar-refractivity contribution in [1.29, 1.82) is 0 Å². The number of benzene rings is 2. The summed E-state index contributed by atoms with van der Waals surface area (Å²) in [5.74, 6) is -0.369. The van der Waals surface area contributed by atoms with Crippen LogP contribution in [0.1, 0.15) is 57.1 Å². The molecule has 7 nitrogen and oxygen atoms in total. The summed E-state index contributed by atoms with van der Waals surface area (Å²) in [6.07, 6.45) is 3.91. The molecule has 2 aromatic carbocycles. The third kappa shape index (κ3) is 8.82. The zero-order chi connectivity index (χ0) is 26.7. The highest BCUT2D eigenvalue weighted by Crippen LogP contribution is 2.23. The van der Waals surface area contributed by atoms with E-state index in [1.54, 1.807) is 29.2 Å². The zero-order valence-electron chi connectivity index (χ0n) is 21.7. The predicted molar refractivity (Wildman–Crippen MR) is 147 cm³/mol. The van der Waals surface area contributed by atoms with Crippen molar-refractivity contribution in [3.63, 3.8) is 0 Å². The van der Waals surface area contributed by atoms with Crippen molar-refractivity contribution in [3.05, 3.63) is 64.7 Å². The van der Waals surface area contributed by atoms with Crippen LogP contribution in [0.2, 0.25) is 5.02 Å². The molecule has 2 aromatic rings. The second kappa shape index (κ2) is 14.2. The van der Waals surface area contributed by atoms with Crippen molar-refractivity contribution in [1.82, 2.24) is 10.2 Å². The molecule has 0 spiro atoms. The first-order valence-corrected chi connectivity index (χ1v) is 14.7. The van der Waals surface area contributed by atoms with Gasteiger partial charge in [-0.1, -0.05) is 62.2 Å². The fourth-order valence-electron chi connectivity index (χ4n) is 4.04. The maximum absolute atomic E-state index is 13.4. The monoisotopic (exact) mass is 535 g/mol. The molecule has 0 bridgehead atoms. The first-order valence-electron chi connectivity index (χ1n) is 12.4. The Morgan fingerprint density at radius 2 is 1.69 bits per heavy atom. The number of hydrogen-bond donors (Lipinski definition) is 1. The number of carbonyl (C=O) groups is 2. The number of hydrogen-bond acceptors (Lipinski definition) is 4. The first kappa shape index (κ1) is 29.6. The van der Waals surface area contributed by atoms with Crippen LogP contribution in [0.25, 0.3) is 0 Å². The first-order chi connectivity index (χ1) is 17.1. The van der Waals surface area contributed by atoms with E-state index in [-0.39, 0.29) is 31.3 Å². The Kier molecular flexibility index (Phi) is 11.7. The van der Waals surface area contributed by atoms with E-state index in [0.717, 1.165) is 24.0 Å². The summed E-state index contributed by atoms with van der Waals surface area (Å²) in [6.45, 7) is 6.80. The summed E-state index contributed by atoms with van der Waals surface area (Å²) >= 11 is 6.02. The van der Waals surface area contributed by atoms with Gasteiger partial charge in [-0.05, 0) is 55.5 Å². The molecule has 1 atom stereocenters. The Morgan fingerprint density at radius 3 is 2.28 bits per heavy atom. The zero-order valence-corrected chi connectivity index (χ0v) is 23.2. The van der Waals surface area contributed by atoms with E-state index in [2.05, 4.69) is 12.2 Å². The number of rotatable bonds is 14. The average molecular weight is 536 g/mol. The molecular formula is C27H38ClN3O4S. The van der Waals surface area contributed by atoms with E-state index >= 15 is 0 Å². The smallest absolute Gasteiger partial charge is 0.242 e. The fourth-order valence-corrected chi connectivity index (χ4v) is 5.19. The number of amides is 2. The molecule has 1 N–H and O–H groups in total. The fraction of sp³-hybridized carbons (Fsp3) is 0.481. The van der Waals surface area contributed by atoms with Gasteiger partial charge in [-0.3, -0.25) is 13.9 Å². The van der Waals surface area contributed by atoms with E-state index in [4.69, 9.17) is 11.6 Å². The van der Waals surface area contributed by atoms with Gasteiger partial charge in [0.1, 0.15) is 6.04 Å². The number of unbranched alkanes of at least 4 members (excludes halogenated alkanes) is 1. The van der Waals surface area contributed by atoms with Gasteiger partial charge in [0.25, 0.3) is 0 Å². The quantitative estimate of drug-likeness (QED) is 0.348. The minimum absolute atomic E-state index is 0.115. The maximum Gasteiger partial charge on any atom is 0.242 e. The molecule has 0 aliphatic rings. The van der Waals surface area contributed by atoms with Gasteiger partial charge < -0.3 is 10.2 Å². The van der Waals surface area contributed by atoms with E-state index in [1.807, 2.05) is 38.1 Å². The molecule has 0 aliphatic carbocycles. The average Bonchev–Trinajstić information content (AvgIpc) is 2.83. The van der Waals surface area contributed by atoms with Crippen molar-refractivity contribution < 1.29 is 18.0 Å². The van der Waals surface area contributed by atoms with Crippen molar-refractivity contribution >= 4 is 39.1 Å².